The van der Waals surface area contributed by atoms with Crippen LogP contribution in [0.3, 0.4) is 0 Å². The zero-order chi connectivity index (χ0) is 28.3. The predicted molar refractivity (Wildman–Crippen MR) is 133 cm³/mol. The Morgan fingerprint density at radius 2 is 1.72 bits per heavy atom. The third kappa shape index (κ3) is 6.69. The molecule has 0 amide bonds. The Balaban J connectivity index is 1.54. The number of anilines is 1. The molecular formula is C28H26F6N4O. The zero-order valence-corrected chi connectivity index (χ0v) is 20.9. The standard InChI is InChI=1S/C28H26F6N4O/c1-18(20-12-22(27(29,30)31)14-23(13-20)28(32,33)34)39-17-26(21-7-3-2-4-8-21)10-9-24(16-37-26)38-25-19(15-35)6-5-11-36-25/h2-8,11-14,18,24,37H,9-10,16-17H2,1H3,(H,36,38)/t18?,24?,26-/m1/s1. The van der Waals surface area contributed by atoms with Crippen LogP contribution in [0, 0.1) is 11.3 Å². The van der Waals surface area contributed by atoms with Gasteiger partial charge in [-0.15, -0.1) is 0 Å². The van der Waals surface area contributed by atoms with Crippen LogP contribution in [0.15, 0.2) is 66.9 Å². The summed E-state index contributed by atoms with van der Waals surface area (Å²) in [6.07, 6.45) is -8.14. The minimum atomic E-state index is -4.94. The Morgan fingerprint density at radius 1 is 1.05 bits per heavy atom. The third-order valence-electron chi connectivity index (χ3n) is 6.86. The molecule has 1 saturated heterocycles. The van der Waals surface area contributed by atoms with Crippen LogP contribution < -0.4 is 10.6 Å². The summed E-state index contributed by atoms with van der Waals surface area (Å²) >= 11 is 0. The van der Waals surface area contributed by atoms with E-state index in [4.69, 9.17) is 4.74 Å². The predicted octanol–water partition coefficient (Wildman–Crippen LogP) is 6.83. The molecule has 11 heteroatoms. The molecule has 1 aliphatic heterocycles. The van der Waals surface area contributed by atoms with Gasteiger partial charge in [0.2, 0.25) is 0 Å². The highest BCUT2D eigenvalue weighted by molar-refractivity contribution is 5.52. The summed E-state index contributed by atoms with van der Waals surface area (Å²) in [4.78, 5) is 4.23. The second-order valence-corrected chi connectivity index (χ2v) is 9.51. The number of benzene rings is 2. The van der Waals surface area contributed by atoms with Gasteiger partial charge in [-0.3, -0.25) is 0 Å². The fourth-order valence-corrected chi connectivity index (χ4v) is 4.64. The number of alkyl halides is 6. The van der Waals surface area contributed by atoms with Gasteiger partial charge in [0.25, 0.3) is 0 Å². The van der Waals surface area contributed by atoms with Gasteiger partial charge < -0.3 is 15.4 Å². The Bertz CT molecular complexity index is 1280. The van der Waals surface area contributed by atoms with Crippen LogP contribution in [0.4, 0.5) is 32.2 Å². The number of pyridine rings is 1. The molecule has 0 aliphatic carbocycles. The van der Waals surface area contributed by atoms with Crippen molar-refractivity contribution in [1.29, 1.82) is 5.26 Å². The normalized spacial score (nSPS) is 20.7. The summed E-state index contributed by atoms with van der Waals surface area (Å²) in [5.41, 5.74) is -2.41. The average Bonchev–Trinajstić information content (AvgIpc) is 2.92. The van der Waals surface area contributed by atoms with Crippen LogP contribution in [-0.2, 0) is 22.6 Å². The fourth-order valence-electron chi connectivity index (χ4n) is 4.64. The molecule has 39 heavy (non-hydrogen) atoms. The van der Waals surface area contributed by atoms with E-state index in [0.29, 0.717) is 42.9 Å². The molecule has 206 valence electrons. The lowest BCUT2D eigenvalue weighted by Crippen LogP contribution is -2.55. The Kier molecular flexibility index (Phi) is 8.18. The molecule has 0 radical (unpaired) electrons. The van der Waals surface area contributed by atoms with Crippen molar-refractivity contribution in [2.24, 2.45) is 0 Å². The number of nitriles is 1. The van der Waals surface area contributed by atoms with Crippen molar-refractivity contribution >= 4 is 5.82 Å². The number of nitrogens with one attached hydrogen (secondary N) is 2. The van der Waals surface area contributed by atoms with E-state index in [2.05, 4.69) is 21.7 Å². The van der Waals surface area contributed by atoms with Crippen LogP contribution in [0.1, 0.15) is 53.7 Å². The lowest BCUT2D eigenvalue weighted by atomic mass is 9.81. The van der Waals surface area contributed by atoms with Gasteiger partial charge in [-0.2, -0.15) is 31.6 Å². The zero-order valence-electron chi connectivity index (χ0n) is 20.9. The van der Waals surface area contributed by atoms with Gasteiger partial charge >= 0.3 is 12.4 Å². The number of rotatable bonds is 7. The van der Waals surface area contributed by atoms with Crippen LogP contribution in [0.25, 0.3) is 0 Å². The Labute approximate surface area is 221 Å². The maximum Gasteiger partial charge on any atom is 0.416 e. The molecule has 4 rings (SSSR count). The first-order valence-electron chi connectivity index (χ1n) is 12.2. The molecule has 0 spiro atoms. The van der Waals surface area contributed by atoms with E-state index in [1.54, 1.807) is 18.3 Å². The van der Waals surface area contributed by atoms with Gasteiger partial charge in [0, 0.05) is 18.8 Å². The van der Waals surface area contributed by atoms with Crippen molar-refractivity contribution < 1.29 is 31.1 Å². The van der Waals surface area contributed by atoms with Crippen LogP contribution in [-0.4, -0.2) is 24.2 Å². The average molecular weight is 549 g/mol. The molecule has 0 bridgehead atoms. The van der Waals surface area contributed by atoms with Gasteiger partial charge in [-0.05, 0) is 61.2 Å². The first kappa shape index (κ1) is 28.4. The SMILES string of the molecule is CC(OC[C@@]1(c2ccccc2)CCC(Nc2ncccc2C#N)CN1)c1cc(C(F)(F)F)cc(C(F)(F)F)c1. The highest BCUT2D eigenvalue weighted by Gasteiger charge is 2.39. The van der Waals surface area contributed by atoms with E-state index in [9.17, 15) is 31.6 Å². The summed E-state index contributed by atoms with van der Waals surface area (Å²) in [5, 5.41) is 16.1. The van der Waals surface area contributed by atoms with Crippen LogP contribution >= 0.6 is 0 Å². The lowest BCUT2D eigenvalue weighted by molar-refractivity contribution is -0.143. The Hall–Kier alpha value is -3.62. The van der Waals surface area contributed by atoms with E-state index < -0.39 is 35.1 Å². The van der Waals surface area contributed by atoms with E-state index >= 15 is 0 Å². The molecule has 1 aliphatic rings. The molecule has 2 heterocycles. The van der Waals surface area contributed by atoms with E-state index in [1.807, 2.05) is 30.3 Å². The van der Waals surface area contributed by atoms with Crippen LogP contribution in [0.2, 0.25) is 0 Å². The molecular weight excluding hydrogens is 522 g/mol. The third-order valence-corrected chi connectivity index (χ3v) is 6.86. The monoisotopic (exact) mass is 548 g/mol. The number of hydrogen-bond acceptors (Lipinski definition) is 5. The van der Waals surface area contributed by atoms with Crippen molar-refractivity contribution in [1.82, 2.24) is 10.3 Å². The lowest BCUT2D eigenvalue weighted by Gasteiger charge is -2.42. The molecule has 1 aromatic heterocycles. The molecule has 1 fully saturated rings. The quantitative estimate of drug-likeness (QED) is 0.317. The number of hydrogen-bond donors (Lipinski definition) is 2. The van der Waals surface area contributed by atoms with Crippen molar-refractivity contribution in [2.45, 2.75) is 49.8 Å². The second-order valence-electron chi connectivity index (χ2n) is 9.51. The maximum absolute atomic E-state index is 13.4. The number of halogens is 6. The van der Waals surface area contributed by atoms with Gasteiger partial charge in [-0.25, -0.2) is 4.98 Å². The second kappa shape index (κ2) is 11.2. The number of ether oxygens (including phenoxy) is 1. The minimum absolute atomic E-state index is 0.00945. The number of piperidine rings is 1. The molecule has 2 N–H and O–H groups in total. The van der Waals surface area contributed by atoms with E-state index in [1.165, 1.54) is 6.92 Å². The van der Waals surface area contributed by atoms with Gasteiger partial charge in [-0.1, -0.05) is 30.3 Å². The van der Waals surface area contributed by atoms with Crippen molar-refractivity contribution in [3.05, 3.63) is 94.7 Å². The number of nitrogens with zero attached hydrogens (tertiary/aromatic N) is 2. The van der Waals surface area contributed by atoms with Gasteiger partial charge in [0.1, 0.15) is 11.9 Å². The molecule has 5 nitrogen and oxygen atoms in total. The molecule has 3 atom stereocenters. The highest BCUT2D eigenvalue weighted by atomic mass is 19.4. The fraction of sp³-hybridized carbons (Fsp3) is 0.357. The summed E-state index contributed by atoms with van der Waals surface area (Å²) < 4.78 is 86.1. The van der Waals surface area contributed by atoms with Crippen LogP contribution in [0.5, 0.6) is 0 Å². The molecule has 0 saturated carbocycles. The summed E-state index contributed by atoms with van der Waals surface area (Å²) in [6.45, 7) is 1.90. The molecule has 3 aromatic rings. The molecule has 2 unspecified atom stereocenters. The van der Waals surface area contributed by atoms with Crippen molar-refractivity contribution in [2.75, 3.05) is 18.5 Å². The van der Waals surface area contributed by atoms with Gasteiger partial charge in [0.15, 0.2) is 0 Å². The maximum atomic E-state index is 13.4. The minimum Gasteiger partial charge on any atom is -0.372 e. The van der Waals surface area contributed by atoms with Gasteiger partial charge in [0.05, 0.1) is 34.9 Å². The van der Waals surface area contributed by atoms with E-state index in [-0.39, 0.29) is 24.3 Å². The largest absolute Gasteiger partial charge is 0.416 e. The van der Waals surface area contributed by atoms with E-state index in [0.717, 1.165) is 5.56 Å². The van der Waals surface area contributed by atoms with Crippen molar-refractivity contribution in [3.63, 3.8) is 0 Å². The first-order chi connectivity index (χ1) is 18.4. The summed E-state index contributed by atoms with van der Waals surface area (Å²) in [7, 11) is 0. The topological polar surface area (TPSA) is 70.0 Å². The summed E-state index contributed by atoms with van der Waals surface area (Å²) in [5.74, 6) is 0.467. The number of aromatic nitrogens is 1. The van der Waals surface area contributed by atoms with Crippen molar-refractivity contribution in [3.8, 4) is 6.07 Å². The highest BCUT2D eigenvalue weighted by Crippen LogP contribution is 2.39. The molecule has 2 aromatic carbocycles. The summed E-state index contributed by atoms with van der Waals surface area (Å²) in [6, 6.07) is 16.2. The Morgan fingerprint density at radius 3 is 2.28 bits per heavy atom. The first-order valence-corrected chi connectivity index (χ1v) is 12.2. The smallest absolute Gasteiger partial charge is 0.372 e.